The van der Waals surface area contributed by atoms with Gasteiger partial charge in [0.25, 0.3) is 0 Å². The molecule has 0 radical (unpaired) electrons. The molecular weight excluding hydrogens is 548 g/mol. The van der Waals surface area contributed by atoms with Crippen LogP contribution in [0.1, 0.15) is 12.0 Å². The molecule has 2 aromatic carbocycles. The predicted octanol–water partition coefficient (Wildman–Crippen LogP) is 6.05. The summed E-state index contributed by atoms with van der Waals surface area (Å²) in [6.45, 7) is 0.342. The van der Waals surface area contributed by atoms with Crippen molar-refractivity contribution in [2.45, 2.75) is 12.8 Å². The summed E-state index contributed by atoms with van der Waals surface area (Å²) in [6, 6.07) is 5.69. The zero-order valence-corrected chi connectivity index (χ0v) is 19.0. The lowest BCUT2D eigenvalue weighted by atomic mass is 10.1. The number of fused-ring (bicyclic) bond motifs is 2. The van der Waals surface area contributed by atoms with Crippen molar-refractivity contribution in [2.24, 2.45) is 0 Å². The summed E-state index contributed by atoms with van der Waals surface area (Å²) in [6.07, 6.45) is 1.34. The molecule has 4 rings (SSSR count). The molecule has 1 N–H and O–H groups in total. The van der Waals surface area contributed by atoms with Gasteiger partial charge < -0.3 is 23.7 Å². The number of aliphatic hydroxyl groups excluding tert-OH is 1. The van der Waals surface area contributed by atoms with Crippen molar-refractivity contribution in [1.29, 1.82) is 0 Å². The van der Waals surface area contributed by atoms with E-state index in [2.05, 4.69) is 47.8 Å². The van der Waals surface area contributed by atoms with E-state index in [-0.39, 0.29) is 13.4 Å². The minimum atomic E-state index is 0.119. The molecule has 1 aromatic heterocycles. The summed E-state index contributed by atoms with van der Waals surface area (Å²) < 4.78 is 25.2. The highest BCUT2D eigenvalue weighted by Crippen LogP contribution is 2.50. The van der Waals surface area contributed by atoms with Gasteiger partial charge in [-0.3, -0.25) is 0 Å². The quantitative estimate of drug-likeness (QED) is 0.410. The number of hydrogen-bond donors (Lipinski definition) is 1. The van der Waals surface area contributed by atoms with Gasteiger partial charge in [0.05, 0.1) is 21.4 Å². The highest BCUT2D eigenvalue weighted by Gasteiger charge is 2.26. The van der Waals surface area contributed by atoms with E-state index in [9.17, 15) is 5.11 Å². The highest BCUT2D eigenvalue weighted by atomic mass is 79.9. The maximum absolute atomic E-state index is 9.22. The smallest absolute Gasteiger partial charge is 0.231 e. The second-order valence-electron chi connectivity index (χ2n) is 5.98. The number of benzene rings is 2. The van der Waals surface area contributed by atoms with Crippen molar-refractivity contribution >= 4 is 58.8 Å². The first-order valence-electron chi connectivity index (χ1n) is 8.23. The molecule has 0 unspecified atom stereocenters. The van der Waals surface area contributed by atoms with Crippen LogP contribution in [0.15, 0.2) is 36.0 Å². The summed E-state index contributed by atoms with van der Waals surface area (Å²) in [5.74, 6) is 2.71. The molecule has 1 aliphatic heterocycles. The Balaban J connectivity index is 1.94. The van der Waals surface area contributed by atoms with Crippen molar-refractivity contribution < 1.29 is 23.7 Å². The van der Waals surface area contributed by atoms with Gasteiger partial charge in [0, 0.05) is 16.6 Å². The topological polar surface area (TPSA) is 61.1 Å². The van der Waals surface area contributed by atoms with Crippen LogP contribution in [0, 0.1) is 0 Å². The second kappa shape index (κ2) is 7.66. The Morgan fingerprint density at radius 1 is 1.07 bits per heavy atom. The minimum absolute atomic E-state index is 0.119. The first kappa shape index (κ1) is 19.1. The van der Waals surface area contributed by atoms with Gasteiger partial charge in [0.2, 0.25) is 6.79 Å². The molecule has 5 nitrogen and oxygen atoms in total. The van der Waals surface area contributed by atoms with Gasteiger partial charge in [-0.2, -0.15) is 0 Å². The lowest BCUT2D eigenvalue weighted by molar-refractivity contribution is 0.174. The number of hydrogen-bond acceptors (Lipinski definition) is 5. The van der Waals surface area contributed by atoms with Gasteiger partial charge in [-0.15, -0.1) is 0 Å². The number of aliphatic hydroxyl groups is 1. The average Bonchev–Trinajstić information content (AvgIpc) is 3.26. The standard InChI is InChI=1S/C19H15Br3O5/c1-24-19-15(21)10(3-2-6-23)14(20)13-16(22)17(27-18(13)19)9-4-5-11-12(7-9)26-8-25-11/h4-5,7,23H,2-3,6,8H2,1H3. The molecule has 142 valence electrons. The fraction of sp³-hybridized carbons (Fsp3) is 0.263. The summed E-state index contributed by atoms with van der Waals surface area (Å²) in [5.41, 5.74) is 2.51. The van der Waals surface area contributed by atoms with Gasteiger partial charge in [-0.1, -0.05) is 0 Å². The number of furan rings is 1. The van der Waals surface area contributed by atoms with Crippen LogP contribution in [0.25, 0.3) is 22.3 Å². The Morgan fingerprint density at radius 2 is 1.85 bits per heavy atom. The third-order valence-electron chi connectivity index (χ3n) is 4.43. The Kier molecular flexibility index (Phi) is 5.42. The molecule has 0 amide bonds. The maximum Gasteiger partial charge on any atom is 0.231 e. The molecule has 0 atom stereocenters. The fourth-order valence-corrected chi connectivity index (χ4v) is 5.87. The van der Waals surface area contributed by atoms with Crippen LogP contribution in [0.4, 0.5) is 0 Å². The first-order chi connectivity index (χ1) is 13.1. The van der Waals surface area contributed by atoms with E-state index < -0.39 is 0 Å². The van der Waals surface area contributed by atoms with Gasteiger partial charge in [0.1, 0.15) is 5.76 Å². The Bertz CT molecular complexity index is 1030. The molecule has 8 heteroatoms. The maximum atomic E-state index is 9.22. The molecule has 0 fully saturated rings. The highest BCUT2D eigenvalue weighted by molar-refractivity contribution is 9.11. The minimum Gasteiger partial charge on any atom is -0.492 e. The van der Waals surface area contributed by atoms with E-state index in [4.69, 9.17) is 18.6 Å². The Labute approximate surface area is 181 Å². The van der Waals surface area contributed by atoms with Crippen molar-refractivity contribution in [3.63, 3.8) is 0 Å². The van der Waals surface area contributed by atoms with Crippen LogP contribution in [0.2, 0.25) is 0 Å². The SMILES string of the molecule is COc1c(Br)c(CCCO)c(Br)c2c(Br)c(-c3ccc4c(c3)OCO4)oc12. The number of ether oxygens (including phenoxy) is 3. The van der Waals surface area contributed by atoms with Crippen LogP contribution in [0.5, 0.6) is 17.2 Å². The number of rotatable bonds is 5. The molecule has 3 aromatic rings. The van der Waals surface area contributed by atoms with E-state index in [0.717, 1.165) is 35.7 Å². The fourth-order valence-electron chi connectivity index (χ4n) is 3.13. The molecule has 0 bridgehead atoms. The Hall–Kier alpha value is -1.22. The Morgan fingerprint density at radius 3 is 2.59 bits per heavy atom. The van der Waals surface area contributed by atoms with Crippen molar-refractivity contribution in [3.05, 3.63) is 37.2 Å². The van der Waals surface area contributed by atoms with Crippen LogP contribution >= 0.6 is 47.8 Å². The van der Waals surface area contributed by atoms with Crippen LogP contribution in [-0.4, -0.2) is 25.6 Å². The van der Waals surface area contributed by atoms with E-state index in [1.165, 1.54) is 0 Å². The molecule has 0 spiro atoms. The lowest BCUT2D eigenvalue weighted by Crippen LogP contribution is -1.96. The molecule has 2 heterocycles. The largest absolute Gasteiger partial charge is 0.492 e. The number of halogens is 3. The zero-order chi connectivity index (χ0) is 19.1. The van der Waals surface area contributed by atoms with Gasteiger partial charge in [-0.05, 0) is 84.4 Å². The predicted molar refractivity (Wildman–Crippen MR) is 113 cm³/mol. The van der Waals surface area contributed by atoms with E-state index in [1.54, 1.807) is 7.11 Å². The normalized spacial score (nSPS) is 12.8. The van der Waals surface area contributed by atoms with E-state index in [1.807, 2.05) is 18.2 Å². The van der Waals surface area contributed by atoms with Crippen molar-refractivity contribution in [3.8, 4) is 28.6 Å². The molecule has 1 aliphatic rings. The van der Waals surface area contributed by atoms with Gasteiger partial charge >= 0.3 is 0 Å². The van der Waals surface area contributed by atoms with Gasteiger partial charge in [0.15, 0.2) is 22.8 Å². The number of methoxy groups -OCH3 is 1. The summed E-state index contributed by atoms with van der Waals surface area (Å²) in [7, 11) is 1.61. The third-order valence-corrected chi connectivity index (χ3v) is 6.90. The second-order valence-corrected chi connectivity index (χ2v) is 8.36. The van der Waals surface area contributed by atoms with Crippen LogP contribution in [-0.2, 0) is 6.42 Å². The summed E-state index contributed by atoms with van der Waals surface area (Å²) in [5, 5.41) is 10.1. The molecular formula is C19H15Br3O5. The molecule has 0 aliphatic carbocycles. The average molecular weight is 563 g/mol. The first-order valence-corrected chi connectivity index (χ1v) is 10.6. The van der Waals surface area contributed by atoms with E-state index >= 15 is 0 Å². The summed E-state index contributed by atoms with van der Waals surface area (Å²) >= 11 is 11.0. The molecule has 0 saturated carbocycles. The monoisotopic (exact) mass is 560 g/mol. The lowest BCUT2D eigenvalue weighted by Gasteiger charge is -2.12. The van der Waals surface area contributed by atoms with Gasteiger partial charge in [-0.25, -0.2) is 0 Å². The third kappa shape index (κ3) is 3.16. The van der Waals surface area contributed by atoms with Crippen molar-refractivity contribution in [2.75, 3.05) is 20.5 Å². The molecule has 0 saturated heterocycles. The summed E-state index contributed by atoms with van der Waals surface area (Å²) in [4.78, 5) is 0. The van der Waals surface area contributed by atoms with Crippen LogP contribution < -0.4 is 14.2 Å². The van der Waals surface area contributed by atoms with Crippen LogP contribution in [0.3, 0.4) is 0 Å². The molecule has 27 heavy (non-hydrogen) atoms. The zero-order valence-electron chi connectivity index (χ0n) is 14.3. The van der Waals surface area contributed by atoms with E-state index in [0.29, 0.717) is 35.7 Å². The van der Waals surface area contributed by atoms with Crippen molar-refractivity contribution in [1.82, 2.24) is 0 Å².